The molecule has 1 atom stereocenters. The molecular weight excluding hydrogens is 242 g/mol. The Morgan fingerprint density at radius 2 is 2.26 bits per heavy atom. The van der Waals surface area contributed by atoms with Gasteiger partial charge >= 0.3 is 0 Å². The van der Waals surface area contributed by atoms with E-state index in [-0.39, 0.29) is 6.04 Å². The van der Waals surface area contributed by atoms with E-state index in [0.29, 0.717) is 12.3 Å². The molecule has 1 unspecified atom stereocenters. The fourth-order valence-electron chi connectivity index (χ4n) is 2.14. The van der Waals surface area contributed by atoms with Crippen molar-refractivity contribution < 1.29 is 4.42 Å². The predicted octanol–water partition coefficient (Wildman–Crippen LogP) is 1.58. The average Bonchev–Trinajstić information content (AvgIpc) is 2.95. The lowest BCUT2D eigenvalue weighted by Gasteiger charge is -2.16. The third-order valence-electron chi connectivity index (χ3n) is 3.10. The third kappa shape index (κ3) is 3.21. The molecular formula is C13H21N5O. The van der Waals surface area contributed by atoms with E-state index in [1.54, 1.807) is 12.6 Å². The maximum absolute atomic E-state index is 5.65. The molecule has 0 fully saturated rings. The maximum atomic E-state index is 5.65. The average molecular weight is 263 g/mol. The minimum Gasteiger partial charge on any atom is -0.469 e. The molecule has 2 rings (SSSR count). The van der Waals surface area contributed by atoms with Crippen LogP contribution < -0.4 is 11.3 Å². The predicted molar refractivity (Wildman–Crippen MR) is 72.1 cm³/mol. The van der Waals surface area contributed by atoms with Crippen molar-refractivity contribution in [3.63, 3.8) is 0 Å². The number of aryl methyl sites for hydroxylation is 1. The number of hydrazine groups is 1. The molecule has 19 heavy (non-hydrogen) atoms. The van der Waals surface area contributed by atoms with E-state index < -0.39 is 0 Å². The van der Waals surface area contributed by atoms with Gasteiger partial charge in [0.2, 0.25) is 0 Å². The van der Waals surface area contributed by atoms with E-state index in [0.717, 1.165) is 23.7 Å². The zero-order valence-corrected chi connectivity index (χ0v) is 11.6. The molecule has 0 radical (unpaired) electrons. The van der Waals surface area contributed by atoms with Gasteiger partial charge in [0.15, 0.2) is 0 Å². The number of furan rings is 1. The van der Waals surface area contributed by atoms with Crippen LogP contribution in [-0.2, 0) is 13.0 Å². The van der Waals surface area contributed by atoms with Gasteiger partial charge in [-0.1, -0.05) is 13.8 Å². The van der Waals surface area contributed by atoms with Crippen molar-refractivity contribution in [2.24, 2.45) is 11.8 Å². The molecule has 0 aromatic carbocycles. The Morgan fingerprint density at radius 3 is 2.84 bits per heavy atom. The molecule has 3 N–H and O–H groups in total. The summed E-state index contributed by atoms with van der Waals surface area (Å²) in [5.74, 6) is 7.98. The molecule has 2 aromatic heterocycles. The lowest BCUT2D eigenvalue weighted by molar-refractivity contribution is 0.443. The second kappa shape index (κ2) is 5.99. The maximum Gasteiger partial charge on any atom is 0.138 e. The second-order valence-electron chi connectivity index (χ2n) is 5.11. The van der Waals surface area contributed by atoms with Crippen LogP contribution >= 0.6 is 0 Å². The van der Waals surface area contributed by atoms with Crippen LogP contribution in [0, 0.1) is 12.8 Å². The highest BCUT2D eigenvalue weighted by Crippen LogP contribution is 2.21. The van der Waals surface area contributed by atoms with Crippen LogP contribution in [0.25, 0.3) is 0 Å². The summed E-state index contributed by atoms with van der Waals surface area (Å²) < 4.78 is 7.26. The molecule has 104 valence electrons. The van der Waals surface area contributed by atoms with Crippen molar-refractivity contribution in [1.82, 2.24) is 20.2 Å². The number of hydrogen-bond acceptors (Lipinski definition) is 5. The van der Waals surface area contributed by atoms with Gasteiger partial charge in [-0.05, 0) is 18.9 Å². The highest BCUT2D eigenvalue weighted by molar-refractivity contribution is 5.21. The van der Waals surface area contributed by atoms with Crippen LogP contribution in [0.3, 0.4) is 0 Å². The normalized spacial score (nSPS) is 13.1. The number of hydrogen-bond donors (Lipinski definition) is 2. The Kier molecular flexibility index (Phi) is 4.34. The van der Waals surface area contributed by atoms with Crippen LogP contribution in [0.1, 0.15) is 37.0 Å². The topological polar surface area (TPSA) is 81.9 Å². The molecule has 0 aliphatic rings. The molecule has 0 saturated heterocycles. The first-order chi connectivity index (χ1) is 9.11. The van der Waals surface area contributed by atoms with Gasteiger partial charge in [-0.25, -0.2) is 9.67 Å². The van der Waals surface area contributed by atoms with Crippen LogP contribution in [0.4, 0.5) is 0 Å². The summed E-state index contributed by atoms with van der Waals surface area (Å²) in [7, 11) is 0. The van der Waals surface area contributed by atoms with Gasteiger partial charge in [-0.2, -0.15) is 5.10 Å². The summed E-state index contributed by atoms with van der Waals surface area (Å²) in [5, 5.41) is 4.26. The van der Waals surface area contributed by atoms with Crippen molar-refractivity contribution in [3.05, 3.63) is 35.8 Å². The minimum atomic E-state index is -0.0196. The first kappa shape index (κ1) is 13.8. The van der Waals surface area contributed by atoms with Gasteiger partial charge in [0, 0.05) is 18.5 Å². The number of aromatic nitrogens is 3. The molecule has 0 bridgehead atoms. The van der Waals surface area contributed by atoms with E-state index in [1.165, 1.54) is 0 Å². The molecule has 0 saturated carbocycles. The van der Waals surface area contributed by atoms with Gasteiger partial charge in [-0.3, -0.25) is 11.3 Å². The van der Waals surface area contributed by atoms with E-state index in [4.69, 9.17) is 10.3 Å². The summed E-state index contributed by atoms with van der Waals surface area (Å²) in [6.45, 7) is 7.10. The first-order valence-electron chi connectivity index (χ1n) is 6.48. The lowest BCUT2D eigenvalue weighted by atomic mass is 10.1. The Balaban J connectivity index is 2.15. The Labute approximate surface area is 113 Å². The van der Waals surface area contributed by atoms with Gasteiger partial charge in [0.1, 0.15) is 17.9 Å². The van der Waals surface area contributed by atoms with E-state index in [2.05, 4.69) is 29.4 Å². The smallest absolute Gasteiger partial charge is 0.138 e. The molecule has 0 amide bonds. The van der Waals surface area contributed by atoms with Gasteiger partial charge < -0.3 is 4.42 Å². The summed E-state index contributed by atoms with van der Waals surface area (Å²) in [6.07, 6.45) is 3.95. The quantitative estimate of drug-likeness (QED) is 0.611. The highest BCUT2D eigenvalue weighted by Gasteiger charge is 2.18. The number of nitrogens with zero attached hydrogens (tertiary/aromatic N) is 3. The summed E-state index contributed by atoms with van der Waals surface area (Å²) in [6, 6.07) is 1.91. The van der Waals surface area contributed by atoms with Gasteiger partial charge in [0.05, 0.1) is 12.3 Å². The molecule has 2 heterocycles. The number of nitrogens with two attached hydrogens (primary N) is 1. The number of nitrogens with one attached hydrogen (secondary N) is 1. The van der Waals surface area contributed by atoms with Crippen LogP contribution in [0.2, 0.25) is 0 Å². The van der Waals surface area contributed by atoms with Gasteiger partial charge in [-0.15, -0.1) is 0 Å². The zero-order chi connectivity index (χ0) is 13.8. The molecule has 6 heteroatoms. The Hall–Kier alpha value is -1.66. The van der Waals surface area contributed by atoms with Gasteiger partial charge in [0.25, 0.3) is 0 Å². The minimum absolute atomic E-state index is 0.0196. The zero-order valence-electron chi connectivity index (χ0n) is 11.6. The van der Waals surface area contributed by atoms with E-state index in [9.17, 15) is 0 Å². The van der Waals surface area contributed by atoms with Crippen molar-refractivity contribution in [2.45, 2.75) is 39.8 Å². The van der Waals surface area contributed by atoms with Crippen molar-refractivity contribution in [2.75, 3.05) is 0 Å². The molecule has 6 nitrogen and oxygen atoms in total. The molecule has 2 aromatic rings. The molecule has 0 spiro atoms. The van der Waals surface area contributed by atoms with Crippen molar-refractivity contribution in [3.8, 4) is 0 Å². The molecule has 0 aliphatic heterocycles. The van der Waals surface area contributed by atoms with Crippen LogP contribution in [0.5, 0.6) is 0 Å². The molecule has 0 aliphatic carbocycles. The summed E-state index contributed by atoms with van der Waals surface area (Å²) in [5.41, 5.74) is 3.88. The largest absolute Gasteiger partial charge is 0.469 e. The van der Waals surface area contributed by atoms with Crippen molar-refractivity contribution >= 4 is 0 Å². The van der Waals surface area contributed by atoms with Crippen LogP contribution in [-0.4, -0.2) is 14.8 Å². The third-order valence-corrected chi connectivity index (χ3v) is 3.10. The fourth-order valence-corrected chi connectivity index (χ4v) is 2.14. The Bertz CT molecular complexity index is 517. The van der Waals surface area contributed by atoms with Crippen molar-refractivity contribution in [1.29, 1.82) is 0 Å². The van der Waals surface area contributed by atoms with Crippen LogP contribution in [0.15, 0.2) is 23.1 Å². The summed E-state index contributed by atoms with van der Waals surface area (Å²) in [4.78, 5) is 4.32. The second-order valence-corrected chi connectivity index (χ2v) is 5.11. The Morgan fingerprint density at radius 1 is 1.47 bits per heavy atom. The number of rotatable bonds is 6. The first-order valence-corrected chi connectivity index (χ1v) is 6.48. The van der Waals surface area contributed by atoms with E-state index in [1.807, 2.05) is 17.7 Å². The standard InChI is InChI=1S/C13H21N5O/c1-9(2)7-18-13(15-8-16-18)6-12(17-14)11-4-5-19-10(11)3/h4-5,8-9,12,17H,6-7,14H2,1-3H3. The summed E-state index contributed by atoms with van der Waals surface area (Å²) >= 11 is 0. The monoisotopic (exact) mass is 263 g/mol. The van der Waals surface area contributed by atoms with E-state index >= 15 is 0 Å². The fraction of sp³-hybridized carbons (Fsp3) is 0.538. The SMILES string of the molecule is Cc1occc1C(Cc1ncnn1CC(C)C)NN. The lowest BCUT2D eigenvalue weighted by Crippen LogP contribution is -2.30. The highest BCUT2D eigenvalue weighted by atomic mass is 16.3.